The lowest BCUT2D eigenvalue weighted by atomic mass is 10.2. The molecule has 5 nitrogen and oxygen atoms in total. The van der Waals surface area contributed by atoms with Gasteiger partial charge in [0.15, 0.2) is 0 Å². The van der Waals surface area contributed by atoms with Crippen molar-refractivity contribution in [1.29, 1.82) is 0 Å². The average molecular weight is 360 g/mol. The van der Waals surface area contributed by atoms with Crippen molar-refractivity contribution < 1.29 is 14.3 Å². The molecule has 1 aromatic heterocycles. The number of nitrogens with zero attached hydrogens (tertiary/aromatic N) is 1. The van der Waals surface area contributed by atoms with Crippen LogP contribution < -0.4 is 10.1 Å². The molecule has 25 heavy (non-hydrogen) atoms. The van der Waals surface area contributed by atoms with E-state index in [1.54, 1.807) is 18.4 Å². The van der Waals surface area contributed by atoms with Crippen molar-refractivity contribution in [2.75, 3.05) is 32.1 Å². The van der Waals surface area contributed by atoms with Gasteiger partial charge < -0.3 is 14.8 Å². The van der Waals surface area contributed by atoms with E-state index in [-0.39, 0.29) is 12.0 Å². The van der Waals surface area contributed by atoms with Crippen LogP contribution in [0.3, 0.4) is 0 Å². The van der Waals surface area contributed by atoms with Crippen LogP contribution in [0.1, 0.15) is 17.7 Å². The van der Waals surface area contributed by atoms with Gasteiger partial charge in [0.05, 0.1) is 25.4 Å². The Morgan fingerprint density at radius 3 is 2.96 bits per heavy atom. The zero-order chi connectivity index (χ0) is 17.5. The van der Waals surface area contributed by atoms with Gasteiger partial charge in [0.25, 0.3) is 0 Å². The van der Waals surface area contributed by atoms with E-state index in [1.165, 1.54) is 4.88 Å². The molecule has 1 aliphatic heterocycles. The molecule has 1 saturated heterocycles. The third-order valence-electron chi connectivity index (χ3n) is 4.19. The quantitative estimate of drug-likeness (QED) is 0.784. The minimum absolute atomic E-state index is 0.0425. The number of carbonyl (C=O) groups is 1. The maximum atomic E-state index is 12.5. The fraction of sp³-hybridized carbons (Fsp3) is 0.421. The van der Waals surface area contributed by atoms with E-state index < -0.39 is 0 Å². The molecule has 1 N–H and O–H groups in total. The lowest BCUT2D eigenvalue weighted by molar-refractivity contribution is -0.117. The van der Waals surface area contributed by atoms with Gasteiger partial charge in [-0.3, -0.25) is 9.69 Å². The van der Waals surface area contributed by atoms with Gasteiger partial charge in [-0.2, -0.15) is 0 Å². The zero-order valence-electron chi connectivity index (χ0n) is 14.4. The van der Waals surface area contributed by atoms with E-state index in [2.05, 4.69) is 21.7 Å². The summed E-state index contributed by atoms with van der Waals surface area (Å²) in [5, 5.41) is 5.02. The van der Waals surface area contributed by atoms with Crippen LogP contribution in [0.5, 0.6) is 5.75 Å². The maximum Gasteiger partial charge on any atom is 0.238 e. The standard InChI is InChI=1S/C19H24N2O3S/c1-23-18-9-3-2-8-17(18)20-19(22)14-21(12-15-6-4-10-24-15)13-16-7-5-11-25-16/h2-3,5,7-9,11,15H,4,6,10,12-14H2,1H3,(H,20,22)/t15-/m0/s1. The molecule has 3 rings (SSSR count). The SMILES string of the molecule is COc1ccccc1NC(=O)CN(Cc1cccs1)C[C@@H]1CCCO1. The summed E-state index contributed by atoms with van der Waals surface area (Å²) in [7, 11) is 1.60. The number of thiophene rings is 1. The van der Waals surface area contributed by atoms with Crippen LogP contribution in [-0.4, -0.2) is 43.7 Å². The molecule has 2 aromatic rings. The fourth-order valence-corrected chi connectivity index (χ4v) is 3.77. The minimum Gasteiger partial charge on any atom is -0.495 e. The van der Waals surface area contributed by atoms with Gasteiger partial charge in [-0.1, -0.05) is 18.2 Å². The summed E-state index contributed by atoms with van der Waals surface area (Å²) in [6.07, 6.45) is 2.39. The Morgan fingerprint density at radius 2 is 2.24 bits per heavy atom. The monoisotopic (exact) mass is 360 g/mol. The first kappa shape index (κ1) is 17.9. The van der Waals surface area contributed by atoms with Crippen LogP contribution in [0.2, 0.25) is 0 Å². The molecule has 1 aliphatic rings. The number of hydrogen-bond acceptors (Lipinski definition) is 5. The highest BCUT2D eigenvalue weighted by molar-refractivity contribution is 7.09. The first-order chi connectivity index (χ1) is 12.2. The van der Waals surface area contributed by atoms with Gasteiger partial charge >= 0.3 is 0 Å². The van der Waals surface area contributed by atoms with Crippen LogP contribution in [0.25, 0.3) is 0 Å². The van der Waals surface area contributed by atoms with Crippen molar-refractivity contribution in [2.45, 2.75) is 25.5 Å². The average Bonchev–Trinajstić information content (AvgIpc) is 3.29. The summed E-state index contributed by atoms with van der Waals surface area (Å²) in [5.74, 6) is 0.624. The molecule has 1 aromatic carbocycles. The zero-order valence-corrected chi connectivity index (χ0v) is 15.3. The number of rotatable bonds is 8. The van der Waals surface area contributed by atoms with Crippen LogP contribution in [0.4, 0.5) is 5.69 Å². The van der Waals surface area contributed by atoms with Crippen molar-refractivity contribution in [2.24, 2.45) is 0 Å². The Kier molecular flexibility index (Phi) is 6.44. The third kappa shape index (κ3) is 5.29. The van der Waals surface area contributed by atoms with Crippen molar-refractivity contribution in [3.63, 3.8) is 0 Å². The summed E-state index contributed by atoms with van der Waals surface area (Å²) in [5.41, 5.74) is 0.697. The predicted molar refractivity (Wildman–Crippen MR) is 100 cm³/mol. The van der Waals surface area contributed by atoms with Crippen molar-refractivity contribution in [1.82, 2.24) is 4.90 Å². The normalized spacial score (nSPS) is 17.0. The first-order valence-corrected chi connectivity index (χ1v) is 9.42. The molecule has 0 bridgehead atoms. The Balaban J connectivity index is 1.62. The lowest BCUT2D eigenvalue weighted by Crippen LogP contribution is -2.37. The topological polar surface area (TPSA) is 50.8 Å². The van der Waals surface area contributed by atoms with Crippen molar-refractivity contribution in [3.05, 3.63) is 46.7 Å². The molecule has 1 fully saturated rings. The number of methoxy groups -OCH3 is 1. The molecule has 0 spiro atoms. The Bertz CT molecular complexity index is 669. The second-order valence-electron chi connectivity index (χ2n) is 6.13. The Hall–Kier alpha value is -1.89. The number of hydrogen-bond donors (Lipinski definition) is 1. The number of carbonyl (C=O) groups excluding carboxylic acids is 1. The second-order valence-corrected chi connectivity index (χ2v) is 7.16. The van der Waals surface area contributed by atoms with E-state index in [0.29, 0.717) is 18.0 Å². The van der Waals surface area contributed by atoms with Crippen LogP contribution in [-0.2, 0) is 16.1 Å². The van der Waals surface area contributed by atoms with Crippen molar-refractivity contribution >= 4 is 22.9 Å². The van der Waals surface area contributed by atoms with Crippen LogP contribution in [0.15, 0.2) is 41.8 Å². The molecule has 2 heterocycles. The molecule has 0 saturated carbocycles. The summed E-state index contributed by atoms with van der Waals surface area (Å²) in [6, 6.07) is 11.6. The van der Waals surface area contributed by atoms with Gasteiger partial charge in [-0.05, 0) is 36.4 Å². The molecule has 6 heteroatoms. The third-order valence-corrected chi connectivity index (χ3v) is 5.05. The van der Waals surface area contributed by atoms with Gasteiger partial charge in [-0.25, -0.2) is 0 Å². The summed E-state index contributed by atoms with van der Waals surface area (Å²) in [6.45, 7) is 2.69. The van der Waals surface area contributed by atoms with Gasteiger partial charge in [0.2, 0.25) is 5.91 Å². The molecular formula is C19H24N2O3S. The van der Waals surface area contributed by atoms with Crippen LogP contribution in [0, 0.1) is 0 Å². The van der Waals surface area contributed by atoms with E-state index in [9.17, 15) is 4.79 Å². The Morgan fingerprint density at radius 1 is 1.36 bits per heavy atom. The number of benzene rings is 1. The Labute approximate surface area is 152 Å². The second kappa shape index (κ2) is 8.99. The van der Waals surface area contributed by atoms with E-state index in [4.69, 9.17) is 9.47 Å². The highest BCUT2D eigenvalue weighted by Crippen LogP contribution is 2.23. The summed E-state index contributed by atoms with van der Waals surface area (Å²) in [4.78, 5) is 16.0. The first-order valence-electron chi connectivity index (χ1n) is 8.54. The van der Waals surface area contributed by atoms with Gasteiger partial charge in [-0.15, -0.1) is 11.3 Å². The molecule has 0 unspecified atom stereocenters. The number of ether oxygens (including phenoxy) is 2. The number of anilines is 1. The van der Waals surface area contributed by atoms with Gasteiger partial charge in [0, 0.05) is 24.6 Å². The maximum absolute atomic E-state index is 12.5. The molecule has 134 valence electrons. The highest BCUT2D eigenvalue weighted by atomic mass is 32.1. The predicted octanol–water partition coefficient (Wildman–Crippen LogP) is 3.38. The number of para-hydroxylation sites is 2. The molecule has 1 atom stereocenters. The van der Waals surface area contributed by atoms with E-state index in [0.717, 1.165) is 32.5 Å². The minimum atomic E-state index is -0.0425. The van der Waals surface area contributed by atoms with Gasteiger partial charge in [0.1, 0.15) is 5.75 Å². The van der Waals surface area contributed by atoms with Crippen molar-refractivity contribution in [3.8, 4) is 5.75 Å². The van der Waals surface area contributed by atoms with E-state index in [1.807, 2.05) is 30.3 Å². The van der Waals surface area contributed by atoms with Crippen LogP contribution >= 0.6 is 11.3 Å². The molecular weight excluding hydrogens is 336 g/mol. The molecule has 0 radical (unpaired) electrons. The number of amides is 1. The van der Waals surface area contributed by atoms with E-state index >= 15 is 0 Å². The molecule has 0 aliphatic carbocycles. The highest BCUT2D eigenvalue weighted by Gasteiger charge is 2.21. The smallest absolute Gasteiger partial charge is 0.238 e. The fourth-order valence-electron chi connectivity index (χ4n) is 3.02. The lowest BCUT2D eigenvalue weighted by Gasteiger charge is -2.24. The summed E-state index contributed by atoms with van der Waals surface area (Å²) < 4.78 is 11.0. The molecule has 1 amide bonds. The summed E-state index contributed by atoms with van der Waals surface area (Å²) >= 11 is 1.71. The number of nitrogens with one attached hydrogen (secondary N) is 1. The largest absolute Gasteiger partial charge is 0.495 e.